The third-order valence-electron chi connectivity index (χ3n) is 6.26. The molecular formula is C31H46N4O4S2. The molecule has 0 saturated heterocycles. The lowest BCUT2D eigenvalue weighted by Gasteiger charge is -2.23. The van der Waals surface area contributed by atoms with Gasteiger partial charge in [0.15, 0.2) is 0 Å². The third-order valence-corrected chi connectivity index (χ3v) is 8.75. The van der Waals surface area contributed by atoms with Crippen LogP contribution in [-0.2, 0) is 9.47 Å². The van der Waals surface area contributed by atoms with Gasteiger partial charge in [-0.25, -0.2) is 0 Å². The zero-order valence-corrected chi connectivity index (χ0v) is 26.7. The Morgan fingerprint density at radius 1 is 0.780 bits per heavy atom. The minimum atomic E-state index is 0.0816. The van der Waals surface area contributed by atoms with Crippen LogP contribution in [-0.4, -0.2) is 56.1 Å². The highest BCUT2D eigenvalue weighted by atomic mass is 32.2. The summed E-state index contributed by atoms with van der Waals surface area (Å²) >= 11 is 3.23. The molecule has 2 aromatic carbocycles. The first-order chi connectivity index (χ1) is 19.7. The van der Waals surface area contributed by atoms with E-state index in [1.807, 2.05) is 52.0 Å². The number of amidine groups is 2. The fraction of sp³-hybridized carbons (Fsp3) is 0.548. The fourth-order valence-electron chi connectivity index (χ4n) is 4.31. The van der Waals surface area contributed by atoms with Gasteiger partial charge in [-0.05, 0) is 52.0 Å². The van der Waals surface area contributed by atoms with Crippen LogP contribution in [0.15, 0.2) is 39.0 Å². The number of nitrogens with two attached hydrogens (primary N) is 1. The molecule has 1 heterocycles. The van der Waals surface area contributed by atoms with Crippen molar-refractivity contribution < 1.29 is 18.9 Å². The molecule has 1 aliphatic heterocycles. The Balaban J connectivity index is 2.11. The molecule has 0 unspecified atom stereocenters. The Hall–Kier alpha value is -2.40. The normalized spacial score (nSPS) is 12.8. The molecule has 1 aliphatic rings. The van der Waals surface area contributed by atoms with Crippen LogP contribution < -0.4 is 20.5 Å². The summed E-state index contributed by atoms with van der Waals surface area (Å²) in [5.41, 5.74) is 8.14. The van der Waals surface area contributed by atoms with Gasteiger partial charge in [0, 0.05) is 10.6 Å². The molecule has 0 bridgehead atoms. The van der Waals surface area contributed by atoms with Crippen molar-refractivity contribution in [3.05, 3.63) is 35.4 Å². The SMILES string of the molecule is CCCCCCCSc1c(OCCOC(C)C)c2c(c(OCCOC(C)C)c1Sc1ccccc1N)C(=N)NC2=N. The van der Waals surface area contributed by atoms with E-state index in [1.54, 1.807) is 11.8 Å². The summed E-state index contributed by atoms with van der Waals surface area (Å²) < 4.78 is 24.3. The number of anilines is 1. The molecule has 5 N–H and O–H groups in total. The monoisotopic (exact) mass is 602 g/mol. The van der Waals surface area contributed by atoms with Gasteiger partial charge in [-0.1, -0.05) is 56.5 Å². The van der Waals surface area contributed by atoms with E-state index in [9.17, 15) is 0 Å². The topological polar surface area (TPSA) is 123 Å². The van der Waals surface area contributed by atoms with Gasteiger partial charge in [-0.2, -0.15) is 0 Å². The lowest BCUT2D eigenvalue weighted by Crippen LogP contribution is -2.20. The quantitative estimate of drug-likeness (QED) is 0.0748. The smallest absolute Gasteiger partial charge is 0.146 e. The molecule has 3 rings (SSSR count). The second kappa shape index (κ2) is 16.9. The third kappa shape index (κ3) is 9.56. The lowest BCUT2D eigenvalue weighted by molar-refractivity contribution is 0.0532. The molecule has 10 heteroatoms. The standard InChI is InChI=1S/C31H46N4O4S2/c1-6-7-8-9-12-19-40-28-26(38-17-15-36-20(2)3)24-25(31(34)35-30(24)33)27(39-18-16-37-21(4)5)29(28)41-23-14-11-10-13-22(23)32/h10-11,13-14,20-21H,6-9,12,15-19,32H2,1-5H3,(H3,33,34,35). The van der Waals surface area contributed by atoms with Gasteiger partial charge in [-0.3, -0.25) is 10.8 Å². The second-order valence-corrected chi connectivity index (χ2v) is 12.5. The second-order valence-electron chi connectivity index (χ2n) is 10.4. The highest BCUT2D eigenvalue weighted by molar-refractivity contribution is 8.02. The molecular weight excluding hydrogens is 556 g/mol. The Morgan fingerprint density at radius 3 is 1.90 bits per heavy atom. The van der Waals surface area contributed by atoms with E-state index in [0.717, 1.165) is 33.3 Å². The maximum Gasteiger partial charge on any atom is 0.146 e. The van der Waals surface area contributed by atoms with Crippen molar-refractivity contribution >= 4 is 40.9 Å². The van der Waals surface area contributed by atoms with Crippen LogP contribution in [0.5, 0.6) is 11.5 Å². The summed E-state index contributed by atoms with van der Waals surface area (Å²) in [4.78, 5) is 2.63. The molecule has 8 nitrogen and oxygen atoms in total. The Labute approximate surface area is 253 Å². The van der Waals surface area contributed by atoms with Crippen molar-refractivity contribution in [3.8, 4) is 11.5 Å². The van der Waals surface area contributed by atoms with Gasteiger partial charge in [0.05, 0.1) is 46.3 Å². The number of hydrogen-bond donors (Lipinski definition) is 4. The molecule has 0 spiro atoms. The van der Waals surface area contributed by atoms with E-state index >= 15 is 0 Å². The molecule has 2 aromatic rings. The number of thioether (sulfide) groups is 1. The number of unbranched alkanes of at least 4 members (excludes halogenated alkanes) is 4. The van der Waals surface area contributed by atoms with Crippen LogP contribution in [0, 0.1) is 10.8 Å². The minimum absolute atomic E-state index is 0.0816. The van der Waals surface area contributed by atoms with Crippen molar-refractivity contribution in [2.24, 2.45) is 0 Å². The maximum atomic E-state index is 8.75. The maximum absolute atomic E-state index is 8.75. The first kappa shape index (κ1) is 33.1. The van der Waals surface area contributed by atoms with Gasteiger partial charge in [-0.15, -0.1) is 11.8 Å². The number of hydrogen-bond acceptors (Lipinski definition) is 9. The minimum Gasteiger partial charge on any atom is -0.489 e. The van der Waals surface area contributed by atoms with Crippen molar-refractivity contribution in [1.82, 2.24) is 5.32 Å². The summed E-state index contributed by atoms with van der Waals surface area (Å²) in [6, 6.07) is 7.75. The van der Waals surface area contributed by atoms with E-state index in [1.165, 1.54) is 31.0 Å². The predicted molar refractivity (Wildman–Crippen MR) is 171 cm³/mol. The number of benzene rings is 2. The Kier molecular flexibility index (Phi) is 13.6. The number of fused-ring (bicyclic) bond motifs is 1. The number of ether oxygens (including phenoxy) is 4. The molecule has 0 atom stereocenters. The van der Waals surface area contributed by atoms with E-state index in [2.05, 4.69) is 12.2 Å². The average molecular weight is 603 g/mol. The molecule has 41 heavy (non-hydrogen) atoms. The molecule has 0 fully saturated rings. The first-order valence-electron chi connectivity index (χ1n) is 14.6. The van der Waals surface area contributed by atoms with Crippen molar-refractivity contribution in [2.45, 2.75) is 93.6 Å². The summed E-state index contributed by atoms with van der Waals surface area (Å²) in [5.74, 6) is 2.29. The molecule has 0 radical (unpaired) electrons. The molecule has 0 aromatic heterocycles. The van der Waals surface area contributed by atoms with Gasteiger partial charge in [0.25, 0.3) is 0 Å². The first-order valence-corrected chi connectivity index (χ1v) is 16.4. The molecule has 0 saturated carbocycles. The zero-order valence-electron chi connectivity index (χ0n) is 25.1. The highest BCUT2D eigenvalue weighted by Crippen LogP contribution is 2.52. The molecule has 0 aliphatic carbocycles. The highest BCUT2D eigenvalue weighted by Gasteiger charge is 2.36. The number of nitrogens with one attached hydrogen (secondary N) is 3. The van der Waals surface area contributed by atoms with Crippen LogP contribution in [0.2, 0.25) is 0 Å². The van der Waals surface area contributed by atoms with Crippen molar-refractivity contribution in [1.29, 1.82) is 10.8 Å². The fourth-order valence-corrected chi connectivity index (χ4v) is 6.67. The van der Waals surface area contributed by atoms with Crippen LogP contribution in [0.3, 0.4) is 0 Å². The average Bonchev–Trinajstić information content (AvgIpc) is 3.22. The van der Waals surface area contributed by atoms with Crippen LogP contribution in [0.25, 0.3) is 0 Å². The largest absolute Gasteiger partial charge is 0.489 e. The summed E-state index contributed by atoms with van der Waals surface area (Å²) in [5, 5.41) is 20.4. The van der Waals surface area contributed by atoms with E-state index in [-0.39, 0.29) is 23.9 Å². The Morgan fingerprint density at radius 2 is 1.34 bits per heavy atom. The van der Waals surface area contributed by atoms with Crippen molar-refractivity contribution in [3.63, 3.8) is 0 Å². The van der Waals surface area contributed by atoms with E-state index in [4.69, 9.17) is 35.5 Å². The summed E-state index contributed by atoms with van der Waals surface area (Å²) in [6.07, 6.45) is 6.06. The Bertz CT molecular complexity index is 1170. The van der Waals surface area contributed by atoms with Gasteiger partial charge >= 0.3 is 0 Å². The number of para-hydroxylation sites is 1. The predicted octanol–water partition coefficient (Wildman–Crippen LogP) is 7.34. The van der Waals surface area contributed by atoms with Crippen LogP contribution in [0.4, 0.5) is 5.69 Å². The van der Waals surface area contributed by atoms with E-state index < -0.39 is 0 Å². The van der Waals surface area contributed by atoms with Gasteiger partial charge in [0.1, 0.15) is 36.4 Å². The van der Waals surface area contributed by atoms with Gasteiger partial charge in [0.2, 0.25) is 0 Å². The lowest BCUT2D eigenvalue weighted by atomic mass is 10.1. The van der Waals surface area contributed by atoms with Crippen LogP contribution >= 0.6 is 23.5 Å². The number of rotatable bonds is 19. The van der Waals surface area contributed by atoms with Gasteiger partial charge < -0.3 is 30.0 Å². The van der Waals surface area contributed by atoms with E-state index in [0.29, 0.717) is 54.7 Å². The molecule has 226 valence electrons. The zero-order chi connectivity index (χ0) is 29.8. The van der Waals surface area contributed by atoms with Crippen LogP contribution in [0.1, 0.15) is 77.8 Å². The number of nitrogen functional groups attached to an aromatic ring is 1. The summed E-state index contributed by atoms with van der Waals surface area (Å²) in [7, 11) is 0. The van der Waals surface area contributed by atoms with Crippen molar-refractivity contribution in [2.75, 3.05) is 37.9 Å². The summed E-state index contributed by atoms with van der Waals surface area (Å²) in [6.45, 7) is 11.7. The molecule has 0 amide bonds.